The van der Waals surface area contributed by atoms with Crippen LogP contribution >= 0.6 is 0 Å². The van der Waals surface area contributed by atoms with Crippen molar-refractivity contribution in [2.24, 2.45) is 46.3 Å². The van der Waals surface area contributed by atoms with Gasteiger partial charge >= 0.3 is 0 Å². The number of allylic oxidation sites excluding steroid dienone is 1. The summed E-state index contributed by atoms with van der Waals surface area (Å²) in [5.74, 6) is 3.27. The molecule has 1 spiro atoms. The first-order chi connectivity index (χ1) is 34.3. The average molecular weight is 1030 g/mol. The monoisotopic (exact) mass is 1030 g/mol. The zero-order valence-corrected chi connectivity index (χ0v) is 41.6. The van der Waals surface area contributed by atoms with Crippen LogP contribution in [0.25, 0.3) is 0 Å². The fourth-order valence-electron chi connectivity index (χ4n) is 15.5. The summed E-state index contributed by atoms with van der Waals surface area (Å²) in [5.41, 5.74) is 1.29. The Morgan fingerprint density at radius 1 is 0.625 bits per heavy atom. The molecular weight excluding hydrogens is 951 g/mol. The van der Waals surface area contributed by atoms with Crippen LogP contribution in [0.1, 0.15) is 85.5 Å². The van der Waals surface area contributed by atoms with E-state index in [4.69, 9.17) is 42.6 Å². The molecule has 3 saturated carbocycles. The fourth-order valence-corrected chi connectivity index (χ4v) is 15.5. The predicted molar refractivity (Wildman–Crippen MR) is 244 cm³/mol. The third-order valence-electron chi connectivity index (χ3n) is 19.7. The van der Waals surface area contributed by atoms with Gasteiger partial charge in [0.2, 0.25) is 0 Å². The SMILES string of the molecule is C[C@H]1CC[C@]2(NC1)O[C@H]1C[C@@H]3[C@H]4CC=C5C[C@@H](O[C@H]6O[C@@H](CO)[C@H](O[C@@H]7O[C@H](CO)[C@@H](O)[C@@H](O[C@H]8OC[C@H](O)[C@@H](O)[C@@H]8O)[C@@H]7O[C@@H]7O[C@H](CO)[C@@H](O)[C@H](O)[C@H]7O)[C@@H](O)[C@@H]6O)CC[C@]5(C)[C@@H]4CC[C@]3(C)[C@H]1[C@@H]2C. The van der Waals surface area contributed by atoms with E-state index >= 15 is 0 Å². The summed E-state index contributed by atoms with van der Waals surface area (Å²) < 4.78 is 54.9. The van der Waals surface area contributed by atoms with Gasteiger partial charge in [0.05, 0.1) is 38.6 Å². The summed E-state index contributed by atoms with van der Waals surface area (Å²) >= 11 is 0. The molecule has 0 aromatic heterocycles. The van der Waals surface area contributed by atoms with Crippen molar-refractivity contribution in [3.05, 3.63) is 11.6 Å². The third-order valence-corrected chi connectivity index (χ3v) is 19.7. The number of fused-ring (bicyclic) bond motifs is 7. The van der Waals surface area contributed by atoms with E-state index in [1.165, 1.54) is 18.4 Å². The second kappa shape index (κ2) is 20.9. The Balaban J connectivity index is 0.826. The van der Waals surface area contributed by atoms with E-state index < -0.39 is 143 Å². The van der Waals surface area contributed by atoms with Gasteiger partial charge in [0.25, 0.3) is 0 Å². The lowest BCUT2D eigenvalue weighted by molar-refractivity contribution is -0.403. The highest BCUT2D eigenvalue weighted by Gasteiger charge is 2.68. The summed E-state index contributed by atoms with van der Waals surface area (Å²) in [7, 11) is 0. The molecule has 0 amide bonds. The van der Waals surface area contributed by atoms with Gasteiger partial charge in [-0.2, -0.15) is 0 Å². The molecule has 4 aliphatic carbocycles. The second-order valence-electron chi connectivity index (χ2n) is 23.6. The molecule has 0 aromatic carbocycles. The summed E-state index contributed by atoms with van der Waals surface area (Å²) in [6, 6.07) is 0. The van der Waals surface area contributed by atoms with Crippen molar-refractivity contribution in [2.75, 3.05) is 33.0 Å². The minimum Gasteiger partial charge on any atom is -0.394 e. The van der Waals surface area contributed by atoms with Gasteiger partial charge in [0, 0.05) is 12.5 Å². The van der Waals surface area contributed by atoms with Crippen molar-refractivity contribution in [1.29, 1.82) is 0 Å². The third kappa shape index (κ3) is 9.18. The molecule has 9 fully saturated rings. The van der Waals surface area contributed by atoms with Crippen molar-refractivity contribution >= 4 is 0 Å². The molecule has 0 bridgehead atoms. The largest absolute Gasteiger partial charge is 0.394 e. The average Bonchev–Trinajstić information content (AvgIpc) is 3.82. The molecule has 0 aromatic rings. The van der Waals surface area contributed by atoms with Crippen molar-refractivity contribution in [2.45, 2.75) is 220 Å². The molecular formula is C50H81NO21. The van der Waals surface area contributed by atoms with Crippen molar-refractivity contribution in [1.82, 2.24) is 5.32 Å². The van der Waals surface area contributed by atoms with Gasteiger partial charge in [-0.25, -0.2) is 0 Å². The molecule has 0 unspecified atom stereocenters. The Kier molecular flexibility index (Phi) is 15.7. The fraction of sp³-hybridized carbons (Fsp3) is 0.960. The molecule has 30 atom stereocenters. The molecule has 10 rings (SSSR count). The second-order valence-corrected chi connectivity index (χ2v) is 23.6. The van der Waals surface area contributed by atoms with Gasteiger partial charge in [0.15, 0.2) is 25.2 Å². The first-order valence-electron chi connectivity index (χ1n) is 26.5. The lowest BCUT2D eigenvalue weighted by Crippen LogP contribution is -2.68. The van der Waals surface area contributed by atoms with Crippen molar-refractivity contribution in [3.8, 4) is 0 Å². The lowest BCUT2D eigenvalue weighted by atomic mass is 9.47. The topological polar surface area (TPSA) is 338 Å². The minimum atomic E-state index is -2.00. The van der Waals surface area contributed by atoms with E-state index in [0.29, 0.717) is 48.3 Å². The van der Waals surface area contributed by atoms with E-state index in [1.54, 1.807) is 0 Å². The van der Waals surface area contributed by atoms with E-state index in [0.717, 1.165) is 38.6 Å². The first kappa shape index (κ1) is 54.2. The van der Waals surface area contributed by atoms with Gasteiger partial charge in [-0.1, -0.05) is 39.3 Å². The molecule has 10 aliphatic rings. The Morgan fingerprint density at radius 3 is 1.97 bits per heavy atom. The number of aliphatic hydroxyl groups excluding tert-OH is 12. The van der Waals surface area contributed by atoms with Crippen LogP contribution in [0.5, 0.6) is 0 Å². The standard InChI is InChI=1S/C50H81NO21/c1-20-7-12-50(51-15-20)21(2)32-28(72-50)14-26-24-6-5-22-13-23(8-10-48(22,3)25(24)9-11-49(26,32)4)65-45-40(63)37(60)41(31(18-54)68-45)69-47-43(71-46-39(62)36(59)34(57)29(16-52)66-46)42(35(58)30(17-53)67-47)70-44-38(61)33(56)27(55)19-64-44/h5,20-21,23-47,51-63H,6-19H2,1-4H3/t20-,21-,23-,24-,25+,26+,27-,28-,29+,30+,31-,32-,33+,34+,35+,36-,37-,38-,39+,40-,41-,42+,43-,44+,45-,46-,47-,48-,49-,50-/m0/s1. The normalized spacial score (nSPS) is 56.7. The highest BCUT2D eigenvalue weighted by atomic mass is 16.8. The van der Waals surface area contributed by atoms with Crippen LogP contribution < -0.4 is 5.32 Å². The molecule has 72 heavy (non-hydrogen) atoms. The maximum atomic E-state index is 11.8. The number of ether oxygens (including phenoxy) is 9. The molecule has 6 aliphatic heterocycles. The molecule has 22 nitrogen and oxygen atoms in total. The number of hydrogen-bond acceptors (Lipinski definition) is 22. The van der Waals surface area contributed by atoms with Crippen LogP contribution in [0.15, 0.2) is 11.6 Å². The summed E-state index contributed by atoms with van der Waals surface area (Å²) in [5, 5.41) is 133. The van der Waals surface area contributed by atoms with Gasteiger partial charge in [-0.15, -0.1) is 0 Å². The molecule has 412 valence electrons. The molecule has 6 saturated heterocycles. The van der Waals surface area contributed by atoms with Gasteiger partial charge in [-0.05, 0) is 98.2 Å². The van der Waals surface area contributed by atoms with E-state index in [2.05, 4.69) is 39.1 Å². The van der Waals surface area contributed by atoms with Crippen LogP contribution in [-0.2, 0) is 42.6 Å². The Morgan fingerprint density at radius 2 is 1.26 bits per heavy atom. The molecule has 22 heteroatoms. The molecule has 13 N–H and O–H groups in total. The summed E-state index contributed by atoms with van der Waals surface area (Å²) in [6.45, 7) is 7.70. The Labute approximate surface area is 419 Å². The van der Waals surface area contributed by atoms with E-state index in [9.17, 15) is 61.3 Å². The maximum absolute atomic E-state index is 11.8. The van der Waals surface area contributed by atoms with Gasteiger partial charge < -0.3 is 104 Å². The van der Waals surface area contributed by atoms with Crippen LogP contribution in [0.4, 0.5) is 0 Å². The number of nitrogens with one attached hydrogen (secondary N) is 1. The summed E-state index contributed by atoms with van der Waals surface area (Å²) in [6.07, 6.45) is -21.8. The van der Waals surface area contributed by atoms with Crippen molar-refractivity contribution < 1.29 is 104 Å². The van der Waals surface area contributed by atoms with Crippen molar-refractivity contribution in [3.63, 3.8) is 0 Å². The minimum absolute atomic E-state index is 0.0350. The smallest absolute Gasteiger partial charge is 0.187 e. The number of piperidine rings is 1. The predicted octanol–water partition coefficient (Wildman–Crippen LogP) is -2.78. The zero-order valence-electron chi connectivity index (χ0n) is 41.6. The molecule has 0 radical (unpaired) electrons. The quantitative estimate of drug-likeness (QED) is 0.0932. The highest BCUT2D eigenvalue weighted by molar-refractivity contribution is 5.27. The van der Waals surface area contributed by atoms with Crippen LogP contribution in [0.2, 0.25) is 0 Å². The van der Waals surface area contributed by atoms with Crippen LogP contribution in [0, 0.1) is 46.3 Å². The molecule has 6 heterocycles. The lowest BCUT2D eigenvalue weighted by Gasteiger charge is -2.59. The first-order valence-corrected chi connectivity index (χ1v) is 26.5. The Hall–Kier alpha value is -1.14. The highest BCUT2D eigenvalue weighted by Crippen LogP contribution is 2.70. The van der Waals surface area contributed by atoms with Gasteiger partial charge in [-0.3, -0.25) is 5.32 Å². The number of hydrogen-bond donors (Lipinski definition) is 13. The van der Waals surface area contributed by atoms with E-state index in [1.807, 2.05) is 0 Å². The summed E-state index contributed by atoms with van der Waals surface area (Å²) in [4.78, 5) is 0. The van der Waals surface area contributed by atoms with Crippen LogP contribution in [0.3, 0.4) is 0 Å². The van der Waals surface area contributed by atoms with E-state index in [-0.39, 0.29) is 28.8 Å². The van der Waals surface area contributed by atoms with Gasteiger partial charge in [0.1, 0.15) is 97.3 Å². The number of aliphatic hydroxyl groups is 12. The van der Waals surface area contributed by atoms with Crippen LogP contribution in [-0.4, -0.2) is 229 Å². The zero-order chi connectivity index (χ0) is 51.3. The maximum Gasteiger partial charge on any atom is 0.187 e. The number of rotatable bonds is 11. The Bertz CT molecular complexity index is 1890.